The molecule has 0 amide bonds. The van der Waals surface area contributed by atoms with Crippen molar-refractivity contribution >= 4 is 81.0 Å². The molecule has 2 aromatic heterocycles. The zero-order chi connectivity index (χ0) is 37.0. The van der Waals surface area contributed by atoms with E-state index in [-0.39, 0.29) is 0 Å². The molecule has 0 radical (unpaired) electrons. The Labute approximate surface area is 328 Å². The zero-order valence-electron chi connectivity index (χ0n) is 30.3. The van der Waals surface area contributed by atoms with E-state index in [0.29, 0.717) is 5.82 Å². The summed E-state index contributed by atoms with van der Waals surface area (Å²) in [7, 11) is 0. The van der Waals surface area contributed by atoms with E-state index >= 15 is 0 Å². The maximum absolute atomic E-state index is 5.38. The lowest BCUT2D eigenvalue weighted by Crippen LogP contribution is -2.10. The Balaban J connectivity index is 1.04. The summed E-state index contributed by atoms with van der Waals surface area (Å²) in [5, 5.41) is 8.47. The largest absolute Gasteiger partial charge is 0.310 e. The first-order valence-corrected chi connectivity index (χ1v) is 19.7. The first kappa shape index (κ1) is 32.3. The normalized spacial score (nSPS) is 11.6. The smallest absolute Gasteiger partial charge is 0.160 e. The lowest BCUT2D eigenvalue weighted by molar-refractivity contribution is 1.23. The summed E-state index contributed by atoms with van der Waals surface area (Å²) < 4.78 is 2.54. The Hall–Kier alpha value is -7.14. The standard InChI is InChI=1S/C52H33N3S/c1-2-11-34(12-3-1)36-21-26-41(27-22-36)55(43-30-23-35-13-4-5-14-38(35)31-43)42-28-24-37(25-29-42)52-53-47-19-9-8-17-44(47)51(54-52)45-18-10-20-48-50(45)46-32-39-15-6-7-16-40(39)33-49(46)56-48/h1-33H. The third kappa shape index (κ3) is 5.58. The Kier molecular flexibility index (Phi) is 7.68. The molecule has 0 fully saturated rings. The van der Waals surface area contributed by atoms with Crippen molar-refractivity contribution in [1.82, 2.24) is 9.97 Å². The molecule has 56 heavy (non-hydrogen) atoms. The Morgan fingerprint density at radius 3 is 1.75 bits per heavy atom. The highest BCUT2D eigenvalue weighted by molar-refractivity contribution is 7.26. The quantitative estimate of drug-likeness (QED) is 0.170. The number of benzene rings is 9. The summed E-state index contributed by atoms with van der Waals surface area (Å²) in [5.41, 5.74) is 9.59. The molecule has 0 saturated carbocycles. The predicted molar refractivity (Wildman–Crippen MR) is 238 cm³/mol. The molecule has 0 aliphatic heterocycles. The average Bonchev–Trinajstić information content (AvgIpc) is 3.63. The van der Waals surface area contributed by atoms with Gasteiger partial charge in [-0.2, -0.15) is 0 Å². The number of anilines is 3. The summed E-state index contributed by atoms with van der Waals surface area (Å²) in [6, 6.07) is 71.5. The highest BCUT2D eigenvalue weighted by Gasteiger charge is 2.19. The fraction of sp³-hybridized carbons (Fsp3) is 0. The highest BCUT2D eigenvalue weighted by atomic mass is 32.1. The molecule has 9 aromatic carbocycles. The van der Waals surface area contributed by atoms with Gasteiger partial charge in [0.05, 0.1) is 11.2 Å². The molecule has 11 aromatic rings. The second-order valence-electron chi connectivity index (χ2n) is 14.2. The van der Waals surface area contributed by atoms with Crippen LogP contribution < -0.4 is 4.90 Å². The number of fused-ring (bicyclic) bond motifs is 6. The zero-order valence-corrected chi connectivity index (χ0v) is 31.1. The molecule has 0 atom stereocenters. The van der Waals surface area contributed by atoms with Crippen molar-refractivity contribution in [3.63, 3.8) is 0 Å². The van der Waals surface area contributed by atoms with Crippen LogP contribution in [0.2, 0.25) is 0 Å². The molecule has 0 N–H and O–H groups in total. The molecular weight excluding hydrogens is 699 g/mol. The molecule has 2 heterocycles. The van der Waals surface area contributed by atoms with Gasteiger partial charge in [0.2, 0.25) is 0 Å². The minimum Gasteiger partial charge on any atom is -0.310 e. The van der Waals surface area contributed by atoms with Crippen molar-refractivity contribution in [2.75, 3.05) is 4.90 Å². The highest BCUT2D eigenvalue weighted by Crippen LogP contribution is 2.43. The number of rotatable bonds is 6. The van der Waals surface area contributed by atoms with Gasteiger partial charge in [-0.3, -0.25) is 0 Å². The minimum atomic E-state index is 0.705. The SMILES string of the molecule is c1ccc(-c2ccc(N(c3ccc(-c4nc(-c5cccc6sc7cc8ccccc8cc7c56)c5ccccc5n4)cc3)c3ccc4ccccc4c3)cc2)cc1. The summed E-state index contributed by atoms with van der Waals surface area (Å²) in [6.07, 6.45) is 0. The van der Waals surface area contributed by atoms with Crippen LogP contribution in [0, 0.1) is 0 Å². The second-order valence-corrected chi connectivity index (χ2v) is 15.3. The van der Waals surface area contributed by atoms with Gasteiger partial charge >= 0.3 is 0 Å². The predicted octanol–water partition coefficient (Wildman–Crippen LogP) is 14.8. The van der Waals surface area contributed by atoms with Crippen molar-refractivity contribution in [1.29, 1.82) is 0 Å². The van der Waals surface area contributed by atoms with Crippen molar-refractivity contribution in [2.45, 2.75) is 0 Å². The van der Waals surface area contributed by atoms with E-state index in [9.17, 15) is 0 Å². The monoisotopic (exact) mass is 731 g/mol. The van der Waals surface area contributed by atoms with Crippen molar-refractivity contribution < 1.29 is 0 Å². The van der Waals surface area contributed by atoms with E-state index in [1.165, 1.54) is 52.8 Å². The van der Waals surface area contributed by atoms with E-state index in [1.54, 1.807) is 0 Å². The fourth-order valence-electron chi connectivity index (χ4n) is 8.08. The number of hydrogen-bond acceptors (Lipinski definition) is 4. The number of nitrogens with zero attached hydrogens (tertiary/aromatic N) is 3. The van der Waals surface area contributed by atoms with E-state index in [4.69, 9.17) is 9.97 Å². The van der Waals surface area contributed by atoms with Crippen LogP contribution in [0.4, 0.5) is 17.1 Å². The summed E-state index contributed by atoms with van der Waals surface area (Å²) >= 11 is 1.84. The van der Waals surface area contributed by atoms with Crippen LogP contribution in [0.5, 0.6) is 0 Å². The van der Waals surface area contributed by atoms with E-state index in [2.05, 4.69) is 205 Å². The van der Waals surface area contributed by atoms with Crippen LogP contribution >= 0.6 is 11.3 Å². The van der Waals surface area contributed by atoms with Gasteiger partial charge in [0, 0.05) is 53.7 Å². The molecule has 4 heteroatoms. The van der Waals surface area contributed by atoms with Crippen molar-refractivity contribution in [3.05, 3.63) is 200 Å². The van der Waals surface area contributed by atoms with Crippen molar-refractivity contribution in [3.8, 4) is 33.8 Å². The van der Waals surface area contributed by atoms with Crippen LogP contribution in [-0.4, -0.2) is 9.97 Å². The third-order valence-electron chi connectivity index (χ3n) is 10.8. The molecular formula is C52H33N3S. The molecule has 0 bridgehead atoms. The van der Waals surface area contributed by atoms with Gasteiger partial charge in [-0.15, -0.1) is 11.3 Å². The topological polar surface area (TPSA) is 29.0 Å². The molecule has 0 unspecified atom stereocenters. The summed E-state index contributed by atoms with van der Waals surface area (Å²) in [4.78, 5) is 12.9. The van der Waals surface area contributed by atoms with Crippen LogP contribution in [0.3, 0.4) is 0 Å². The third-order valence-corrected chi connectivity index (χ3v) is 11.9. The van der Waals surface area contributed by atoms with Crippen LogP contribution in [0.25, 0.3) is 86.4 Å². The van der Waals surface area contributed by atoms with Gasteiger partial charge in [-0.1, -0.05) is 127 Å². The van der Waals surface area contributed by atoms with Gasteiger partial charge in [0.1, 0.15) is 0 Å². The maximum Gasteiger partial charge on any atom is 0.160 e. The molecule has 0 spiro atoms. The Morgan fingerprint density at radius 1 is 0.375 bits per heavy atom. The number of aromatic nitrogens is 2. The van der Waals surface area contributed by atoms with Gasteiger partial charge in [-0.05, 0) is 105 Å². The van der Waals surface area contributed by atoms with E-state index in [1.807, 2.05) is 11.3 Å². The molecule has 11 rings (SSSR count). The number of thiophene rings is 1. The van der Waals surface area contributed by atoms with E-state index < -0.39 is 0 Å². The maximum atomic E-state index is 5.38. The van der Waals surface area contributed by atoms with E-state index in [0.717, 1.165) is 44.8 Å². The number of para-hydroxylation sites is 1. The first-order chi connectivity index (χ1) is 27.7. The van der Waals surface area contributed by atoms with Crippen LogP contribution in [0.15, 0.2) is 200 Å². The number of hydrogen-bond donors (Lipinski definition) is 0. The molecule has 0 saturated heterocycles. The van der Waals surface area contributed by atoms with Crippen molar-refractivity contribution in [2.24, 2.45) is 0 Å². The average molecular weight is 732 g/mol. The molecule has 0 aliphatic rings. The van der Waals surface area contributed by atoms with Gasteiger partial charge in [0.15, 0.2) is 5.82 Å². The first-order valence-electron chi connectivity index (χ1n) is 18.9. The van der Waals surface area contributed by atoms with Gasteiger partial charge in [-0.25, -0.2) is 9.97 Å². The lowest BCUT2D eigenvalue weighted by Gasteiger charge is -2.26. The second kappa shape index (κ2) is 13.3. The molecule has 262 valence electrons. The van der Waals surface area contributed by atoms with Crippen LogP contribution in [0.1, 0.15) is 0 Å². The van der Waals surface area contributed by atoms with Gasteiger partial charge < -0.3 is 4.90 Å². The Morgan fingerprint density at radius 2 is 0.982 bits per heavy atom. The molecule has 3 nitrogen and oxygen atoms in total. The summed E-state index contributed by atoms with van der Waals surface area (Å²) in [5.74, 6) is 0.705. The summed E-state index contributed by atoms with van der Waals surface area (Å²) in [6.45, 7) is 0. The minimum absolute atomic E-state index is 0.705. The van der Waals surface area contributed by atoms with Gasteiger partial charge in [0.25, 0.3) is 0 Å². The lowest BCUT2D eigenvalue weighted by atomic mass is 9.99. The Bertz CT molecular complexity index is 3240. The van der Waals surface area contributed by atoms with Crippen LogP contribution in [-0.2, 0) is 0 Å². The molecule has 0 aliphatic carbocycles. The fourth-order valence-corrected chi connectivity index (χ4v) is 9.24.